The fourth-order valence-electron chi connectivity index (χ4n) is 6.32. The number of benzene rings is 1. The van der Waals surface area contributed by atoms with E-state index in [1.807, 2.05) is 13.0 Å². The van der Waals surface area contributed by atoms with E-state index >= 15 is 0 Å². The molecule has 2 heterocycles. The Morgan fingerprint density at radius 2 is 1.89 bits per heavy atom. The highest BCUT2D eigenvalue weighted by Crippen LogP contribution is 2.53. The quantitative estimate of drug-likeness (QED) is 0.441. The number of nitrogens with zero attached hydrogens (tertiary/aromatic N) is 1. The van der Waals surface area contributed by atoms with E-state index < -0.39 is 29.4 Å². The maximum Gasteiger partial charge on any atom is 0.324 e. The number of fused-ring (bicyclic) bond motifs is 1. The van der Waals surface area contributed by atoms with Crippen LogP contribution in [0.15, 0.2) is 16.6 Å². The van der Waals surface area contributed by atoms with Crippen molar-refractivity contribution in [2.24, 2.45) is 17.8 Å². The molecule has 9 heteroatoms. The molecule has 4 atom stereocenters. The Bertz CT molecular complexity index is 994. The van der Waals surface area contributed by atoms with Crippen molar-refractivity contribution in [3.8, 4) is 11.5 Å². The summed E-state index contributed by atoms with van der Waals surface area (Å²) >= 11 is 3.52. The van der Waals surface area contributed by atoms with Gasteiger partial charge >= 0.3 is 5.97 Å². The summed E-state index contributed by atoms with van der Waals surface area (Å²) < 4.78 is 11.6. The molecule has 2 saturated heterocycles. The molecule has 1 aliphatic carbocycles. The number of carboxylic acid groups (broad SMARTS) is 1. The third kappa shape index (κ3) is 4.46. The lowest BCUT2D eigenvalue weighted by atomic mass is 9.72. The fraction of sp³-hybridized carbons (Fsp3) is 0.654. The largest absolute Gasteiger partial charge is 0.493 e. The second kappa shape index (κ2) is 10.5. The molecule has 2 N–H and O–H groups in total. The fourth-order valence-corrected chi connectivity index (χ4v) is 6.94. The molecule has 1 saturated carbocycles. The van der Waals surface area contributed by atoms with Crippen LogP contribution in [0, 0.1) is 17.8 Å². The third-order valence-corrected chi connectivity index (χ3v) is 8.60. The summed E-state index contributed by atoms with van der Waals surface area (Å²) in [4.78, 5) is 41.6. The first-order valence-corrected chi connectivity index (χ1v) is 13.4. The Labute approximate surface area is 214 Å². The number of carbonyl (C=O) groups excluding carboxylic acids is 2. The second-order valence-electron chi connectivity index (χ2n) is 10.0. The lowest BCUT2D eigenvalue weighted by molar-refractivity contribution is -0.152. The molecule has 2 amide bonds. The molecule has 192 valence electrons. The van der Waals surface area contributed by atoms with Gasteiger partial charge in [-0.2, -0.15) is 0 Å². The molecule has 8 nitrogen and oxygen atoms in total. The maximum absolute atomic E-state index is 13.7. The smallest absolute Gasteiger partial charge is 0.324 e. The average Bonchev–Trinajstić information content (AvgIpc) is 3.32. The molecule has 35 heavy (non-hydrogen) atoms. The second-order valence-corrected chi connectivity index (χ2v) is 10.9. The van der Waals surface area contributed by atoms with Gasteiger partial charge in [0, 0.05) is 12.6 Å². The van der Waals surface area contributed by atoms with Crippen molar-refractivity contribution in [1.82, 2.24) is 10.2 Å². The molecular weight excluding hydrogens is 516 g/mol. The van der Waals surface area contributed by atoms with Crippen LogP contribution in [-0.2, 0) is 14.4 Å². The van der Waals surface area contributed by atoms with E-state index in [1.165, 1.54) is 19.1 Å². The highest BCUT2D eigenvalue weighted by Gasteiger charge is 2.68. The van der Waals surface area contributed by atoms with Gasteiger partial charge in [-0.1, -0.05) is 45.4 Å². The number of amides is 2. The summed E-state index contributed by atoms with van der Waals surface area (Å²) in [5.74, 6) is -2.25. The molecule has 0 radical (unpaired) electrons. The number of carboxylic acids is 1. The molecule has 0 aromatic heterocycles. The van der Waals surface area contributed by atoms with Gasteiger partial charge in [-0.15, -0.1) is 0 Å². The van der Waals surface area contributed by atoms with Crippen LogP contribution in [0.3, 0.4) is 0 Å². The number of hydrogen-bond acceptors (Lipinski definition) is 6. The van der Waals surface area contributed by atoms with Crippen molar-refractivity contribution in [3.63, 3.8) is 0 Å². The van der Waals surface area contributed by atoms with Crippen LogP contribution in [-0.4, -0.2) is 54.1 Å². The molecule has 4 unspecified atom stereocenters. The van der Waals surface area contributed by atoms with Crippen molar-refractivity contribution in [1.29, 1.82) is 0 Å². The normalized spacial score (nSPS) is 28.9. The van der Waals surface area contributed by atoms with Crippen LogP contribution in [0.5, 0.6) is 11.5 Å². The van der Waals surface area contributed by atoms with Crippen LogP contribution in [0.4, 0.5) is 0 Å². The van der Waals surface area contributed by atoms with Gasteiger partial charge in [0.25, 0.3) is 0 Å². The van der Waals surface area contributed by atoms with Gasteiger partial charge in [0.2, 0.25) is 11.8 Å². The standard InChI is InChI=1S/C26H35BrN2O6/c1-4-5-11-29-23(30)19-20(24(29)31)26(25(32)33,14-15-9-7-6-8-10-15)28-21(19)16-12-17(27)22(35-3)18(13-16)34-2/h12-13,15,19-21,28H,4-11,14H2,1-3H3,(H,32,33). The Morgan fingerprint density at radius 1 is 1.17 bits per heavy atom. The van der Waals surface area contributed by atoms with Crippen molar-refractivity contribution < 1.29 is 29.0 Å². The number of halogens is 1. The van der Waals surface area contributed by atoms with Crippen LogP contribution in [0.1, 0.15) is 69.9 Å². The number of imide groups is 1. The summed E-state index contributed by atoms with van der Waals surface area (Å²) in [5, 5.41) is 13.9. The Morgan fingerprint density at radius 3 is 2.49 bits per heavy atom. The summed E-state index contributed by atoms with van der Waals surface area (Å²) in [5.41, 5.74) is -0.806. The molecule has 4 rings (SSSR count). The first kappa shape index (κ1) is 25.9. The van der Waals surface area contributed by atoms with Crippen molar-refractivity contribution >= 4 is 33.7 Å². The zero-order valence-electron chi connectivity index (χ0n) is 20.6. The third-order valence-electron chi connectivity index (χ3n) is 8.01. The van der Waals surface area contributed by atoms with E-state index in [1.54, 1.807) is 6.07 Å². The first-order valence-electron chi connectivity index (χ1n) is 12.6. The Hall–Kier alpha value is -2.13. The Balaban J connectivity index is 1.81. The van der Waals surface area contributed by atoms with E-state index in [-0.39, 0.29) is 17.7 Å². The number of unbranched alkanes of at least 4 members (excludes halogenated alkanes) is 1. The molecule has 0 spiro atoms. The van der Waals surface area contributed by atoms with E-state index in [0.29, 0.717) is 40.9 Å². The van der Waals surface area contributed by atoms with Gasteiger partial charge in [0.05, 0.1) is 30.5 Å². The first-order chi connectivity index (χ1) is 16.8. The molecular formula is C26H35BrN2O6. The van der Waals surface area contributed by atoms with Gasteiger partial charge < -0.3 is 14.6 Å². The molecule has 0 bridgehead atoms. The number of likely N-dealkylation sites (tertiary alicyclic amines) is 1. The van der Waals surface area contributed by atoms with Crippen molar-refractivity contribution in [3.05, 3.63) is 22.2 Å². The SMILES string of the molecule is CCCCN1C(=O)C2C(c3cc(Br)c(OC)c(OC)c3)NC(CC3CCCCC3)(C(=O)O)C2C1=O. The summed E-state index contributed by atoms with van der Waals surface area (Å²) in [6.45, 7) is 2.32. The topological polar surface area (TPSA) is 105 Å². The molecule has 3 fully saturated rings. The number of ether oxygens (including phenoxy) is 2. The van der Waals surface area contributed by atoms with E-state index in [9.17, 15) is 19.5 Å². The molecule has 2 aliphatic heterocycles. The average molecular weight is 551 g/mol. The maximum atomic E-state index is 13.7. The predicted molar refractivity (Wildman–Crippen MR) is 133 cm³/mol. The van der Waals surface area contributed by atoms with Crippen molar-refractivity contribution in [2.45, 2.75) is 69.9 Å². The lowest BCUT2D eigenvalue weighted by Crippen LogP contribution is -2.56. The zero-order chi connectivity index (χ0) is 25.3. The minimum atomic E-state index is -1.50. The minimum Gasteiger partial charge on any atom is -0.493 e. The number of aliphatic carboxylic acids is 1. The van der Waals surface area contributed by atoms with Gasteiger partial charge in [-0.25, -0.2) is 0 Å². The van der Waals surface area contributed by atoms with Gasteiger partial charge in [0.15, 0.2) is 11.5 Å². The van der Waals surface area contributed by atoms with E-state index in [2.05, 4.69) is 21.2 Å². The summed E-state index contributed by atoms with van der Waals surface area (Å²) in [7, 11) is 3.07. The highest BCUT2D eigenvalue weighted by atomic mass is 79.9. The lowest BCUT2D eigenvalue weighted by Gasteiger charge is -2.35. The summed E-state index contributed by atoms with van der Waals surface area (Å²) in [6, 6.07) is 2.95. The molecule has 1 aromatic carbocycles. The monoisotopic (exact) mass is 550 g/mol. The number of carbonyl (C=O) groups is 3. The summed E-state index contributed by atoms with van der Waals surface area (Å²) in [6.07, 6.45) is 7.05. The minimum absolute atomic E-state index is 0.205. The van der Waals surface area contributed by atoms with Crippen LogP contribution in [0.25, 0.3) is 0 Å². The Kier molecular flexibility index (Phi) is 7.76. The number of hydrogen-bond donors (Lipinski definition) is 2. The molecule has 3 aliphatic rings. The highest BCUT2D eigenvalue weighted by molar-refractivity contribution is 9.10. The molecule has 1 aromatic rings. The van der Waals surface area contributed by atoms with Crippen LogP contribution >= 0.6 is 15.9 Å². The predicted octanol–water partition coefficient (Wildman–Crippen LogP) is 4.31. The van der Waals surface area contributed by atoms with E-state index in [0.717, 1.165) is 38.5 Å². The number of rotatable bonds is 9. The zero-order valence-corrected chi connectivity index (χ0v) is 22.2. The van der Waals surface area contributed by atoms with Crippen LogP contribution < -0.4 is 14.8 Å². The van der Waals surface area contributed by atoms with Crippen molar-refractivity contribution in [2.75, 3.05) is 20.8 Å². The van der Waals surface area contributed by atoms with Gasteiger partial charge in [0.1, 0.15) is 5.54 Å². The van der Waals surface area contributed by atoms with E-state index in [4.69, 9.17) is 9.47 Å². The number of methoxy groups -OCH3 is 2. The van der Waals surface area contributed by atoms with Gasteiger partial charge in [-0.05, 0) is 52.4 Å². The van der Waals surface area contributed by atoms with Gasteiger partial charge in [-0.3, -0.25) is 24.6 Å². The number of nitrogens with one attached hydrogen (secondary N) is 1. The van der Waals surface area contributed by atoms with Crippen LogP contribution in [0.2, 0.25) is 0 Å².